The summed E-state index contributed by atoms with van der Waals surface area (Å²) in [7, 11) is 1.24. The molecule has 4 saturated carbocycles. The number of aliphatic hydroxyl groups excluding tert-OH is 9. The van der Waals surface area contributed by atoms with Gasteiger partial charge in [-0.2, -0.15) is 0 Å². The highest BCUT2D eigenvalue weighted by Crippen LogP contribution is 2.77. The fraction of sp³-hybridized carbons (Fsp3) is 0.893. The van der Waals surface area contributed by atoms with E-state index in [1.807, 2.05) is 13.8 Å². The van der Waals surface area contributed by atoms with Crippen LogP contribution in [0.2, 0.25) is 0 Å². The van der Waals surface area contributed by atoms with Crippen LogP contribution in [0.4, 0.5) is 0 Å². The van der Waals surface area contributed by atoms with Gasteiger partial charge >= 0.3 is 11.9 Å². The van der Waals surface area contributed by atoms with E-state index >= 15 is 0 Å². The van der Waals surface area contributed by atoms with Crippen molar-refractivity contribution in [1.29, 1.82) is 0 Å². The third-order valence-electron chi connectivity index (χ3n) is 20.5. The maximum Gasteiger partial charge on any atom is 0.314 e. The molecule has 9 N–H and O–H groups in total. The molecule has 0 aromatic rings. The molecule has 1 spiro atoms. The van der Waals surface area contributed by atoms with Crippen molar-refractivity contribution in [2.75, 3.05) is 26.9 Å². The first kappa shape index (κ1) is 59.4. The predicted octanol–water partition coefficient (Wildman–Crippen LogP) is 1.46. The summed E-state index contributed by atoms with van der Waals surface area (Å²) < 4.78 is 60.5. The molecule has 21 heteroatoms. The number of hydrogen-bond donors (Lipinski definition) is 9. The minimum Gasteiger partial charge on any atom is -0.462 e. The van der Waals surface area contributed by atoms with Crippen LogP contribution in [0.1, 0.15) is 120 Å². The third-order valence-corrected chi connectivity index (χ3v) is 20.5. The highest BCUT2D eigenvalue weighted by atomic mass is 16.7. The molecule has 21 nitrogen and oxygen atoms in total. The second-order valence-corrected chi connectivity index (χ2v) is 25.6. The van der Waals surface area contributed by atoms with Crippen LogP contribution in [-0.4, -0.2) is 207 Å². The fourth-order valence-electron chi connectivity index (χ4n) is 16.6. The molecule has 8 fully saturated rings. The second-order valence-electron chi connectivity index (χ2n) is 25.6. The second kappa shape index (κ2) is 22.1. The van der Waals surface area contributed by atoms with Crippen molar-refractivity contribution in [3.8, 4) is 0 Å². The van der Waals surface area contributed by atoms with Gasteiger partial charge in [0.15, 0.2) is 18.9 Å². The molecular formula is C56H88O21. The number of aliphatic hydroxyl groups is 9. The summed E-state index contributed by atoms with van der Waals surface area (Å²) in [6.07, 6.45) is -16.2. The predicted molar refractivity (Wildman–Crippen MR) is 269 cm³/mol. The zero-order valence-corrected chi connectivity index (χ0v) is 46.2. The lowest BCUT2D eigenvalue weighted by molar-refractivity contribution is -0.359. The highest BCUT2D eigenvalue weighted by Gasteiger charge is 2.79. The molecule has 4 aliphatic heterocycles. The molecule has 4 saturated heterocycles. The summed E-state index contributed by atoms with van der Waals surface area (Å²) in [5.41, 5.74) is -0.627. The van der Waals surface area contributed by atoms with Gasteiger partial charge in [-0.3, -0.25) is 9.59 Å². The van der Waals surface area contributed by atoms with Crippen molar-refractivity contribution < 1.29 is 103 Å². The van der Waals surface area contributed by atoms with Crippen molar-refractivity contribution in [2.45, 2.75) is 242 Å². The molecule has 0 radical (unpaired) electrons. The molecule has 0 aromatic heterocycles. The first-order chi connectivity index (χ1) is 36.2. The van der Waals surface area contributed by atoms with Gasteiger partial charge in [-0.05, 0) is 107 Å². The lowest BCUT2D eigenvalue weighted by Crippen LogP contribution is -2.64. The topological polar surface area (TPSA) is 309 Å². The Bertz CT molecular complexity index is 2180. The van der Waals surface area contributed by atoms with Crippen LogP contribution in [-0.2, 0) is 57.0 Å². The minimum atomic E-state index is -1.73. The molecule has 0 aromatic carbocycles. The third kappa shape index (κ3) is 10.0. The van der Waals surface area contributed by atoms with Crippen molar-refractivity contribution >= 4 is 11.9 Å². The summed E-state index contributed by atoms with van der Waals surface area (Å²) in [5.74, 6) is -1.21. The lowest BCUT2D eigenvalue weighted by atomic mass is 9.41. The summed E-state index contributed by atoms with van der Waals surface area (Å²) >= 11 is 0. The van der Waals surface area contributed by atoms with Crippen LogP contribution >= 0.6 is 0 Å². The maximum atomic E-state index is 14.6. The average Bonchev–Trinajstić information content (AvgIpc) is 3.98. The monoisotopic (exact) mass is 1100 g/mol. The first-order valence-electron chi connectivity index (χ1n) is 28.0. The lowest BCUT2D eigenvalue weighted by Gasteiger charge is -2.64. The number of rotatable bonds is 15. The Morgan fingerprint density at radius 3 is 2.12 bits per heavy atom. The number of allylic oxidation sites excluding steroid dienone is 3. The molecular weight excluding hydrogens is 1010 g/mol. The number of hydrogen-bond acceptors (Lipinski definition) is 21. The number of cyclic esters (lactones) is 1. The summed E-state index contributed by atoms with van der Waals surface area (Å²) in [5, 5.41) is 99.1. The summed E-state index contributed by atoms with van der Waals surface area (Å²) in [6, 6.07) is 0. The Kier molecular flexibility index (Phi) is 17.1. The van der Waals surface area contributed by atoms with Gasteiger partial charge in [-0.25, -0.2) is 0 Å². The van der Waals surface area contributed by atoms with Crippen molar-refractivity contribution in [3.63, 3.8) is 0 Å². The zero-order chi connectivity index (χ0) is 56.1. The zero-order valence-electron chi connectivity index (χ0n) is 46.2. The number of ether oxygens (including phenoxy) is 10. The van der Waals surface area contributed by atoms with E-state index in [9.17, 15) is 55.5 Å². The molecule has 0 unspecified atom stereocenters. The number of carbonyl (C=O) groups excluding carboxylic acids is 2. The maximum absolute atomic E-state index is 14.6. The van der Waals surface area contributed by atoms with E-state index < -0.39 is 158 Å². The Labute approximate surface area is 451 Å². The van der Waals surface area contributed by atoms with Crippen LogP contribution in [0.15, 0.2) is 23.8 Å². The SMILES string of the molecule is C=C(C)CCC[C@]1(C)OC(=O)[C@]23CC[C@@H]4C(=CC[C@H]5C(C)(C)[C@@H](O[C@@H]6OC[C@@H](O)[C@H](O)[C@H]6O[C@@H]6C[C@H](C)[C@@H](O[C@@H]7OC[C@@H](O)[C@H](O[C@@H]8O[C@H](CO)[C@@H](O)[C@H](OC)[C@H]8O)[C@H]7O)[C@H](O)[C@H]6O)CC[C@]45C)[C@]2(C)C[C@H](OC(C)=O)[C@@H]31. The molecule has 0 bridgehead atoms. The van der Waals surface area contributed by atoms with Gasteiger partial charge in [-0.1, -0.05) is 51.8 Å². The molecule has 9 aliphatic rings. The van der Waals surface area contributed by atoms with Crippen LogP contribution in [0.25, 0.3) is 0 Å². The van der Waals surface area contributed by atoms with Gasteiger partial charge < -0.3 is 93.3 Å². The Morgan fingerprint density at radius 1 is 0.766 bits per heavy atom. The van der Waals surface area contributed by atoms with Crippen LogP contribution in [0, 0.1) is 45.3 Å². The summed E-state index contributed by atoms with van der Waals surface area (Å²) in [4.78, 5) is 27.4. The molecule has 27 atom stereocenters. The number of fused-ring (bicyclic) bond motifs is 4. The van der Waals surface area contributed by atoms with Crippen LogP contribution in [0.3, 0.4) is 0 Å². The number of carbonyl (C=O) groups is 2. The normalized spacial score (nSPS) is 51.3. The van der Waals surface area contributed by atoms with Gasteiger partial charge in [-0.15, -0.1) is 6.58 Å². The van der Waals surface area contributed by atoms with E-state index in [1.54, 1.807) is 6.92 Å². The van der Waals surface area contributed by atoms with E-state index in [-0.39, 0.29) is 48.1 Å². The Hall–Kier alpha value is -2.26. The van der Waals surface area contributed by atoms with Crippen molar-refractivity contribution in [3.05, 3.63) is 23.8 Å². The fourth-order valence-corrected chi connectivity index (χ4v) is 16.6. The number of methoxy groups -OCH3 is 1. The largest absolute Gasteiger partial charge is 0.462 e. The molecule has 9 rings (SSSR count). The molecule has 438 valence electrons. The van der Waals surface area contributed by atoms with Gasteiger partial charge in [0.05, 0.1) is 49.5 Å². The van der Waals surface area contributed by atoms with Gasteiger partial charge in [0.1, 0.15) is 85.0 Å². The Balaban J connectivity index is 0.874. The van der Waals surface area contributed by atoms with Crippen LogP contribution in [0.5, 0.6) is 0 Å². The number of esters is 2. The average molecular weight is 1100 g/mol. The van der Waals surface area contributed by atoms with Crippen LogP contribution < -0.4 is 0 Å². The quantitative estimate of drug-likeness (QED) is 0.0828. The molecule has 0 amide bonds. The smallest absolute Gasteiger partial charge is 0.314 e. The van der Waals surface area contributed by atoms with Crippen molar-refractivity contribution in [1.82, 2.24) is 0 Å². The highest BCUT2D eigenvalue weighted by molar-refractivity contribution is 5.84. The van der Waals surface area contributed by atoms with E-state index in [1.165, 1.54) is 19.6 Å². The Morgan fingerprint density at radius 2 is 1.44 bits per heavy atom. The molecule has 4 heterocycles. The first-order valence-corrected chi connectivity index (χ1v) is 28.0. The minimum absolute atomic E-state index is 0.0611. The molecule has 5 aliphatic carbocycles. The van der Waals surface area contributed by atoms with Gasteiger partial charge in [0.2, 0.25) is 0 Å². The van der Waals surface area contributed by atoms with Gasteiger partial charge in [0.25, 0.3) is 0 Å². The summed E-state index contributed by atoms with van der Waals surface area (Å²) in [6.45, 7) is 18.9. The molecule has 77 heavy (non-hydrogen) atoms. The standard InChI is InChI=1S/C56H88O21/c1-25(2)12-11-17-55(9)47-33(71-27(4)58)21-54(8)29-13-14-35-52(5,6)36(16-18-53(35,7)28(29)15-19-56(47,54)51(67)77-55)74-50-46(37(61)30(59)23-70-50)72-32-20-26(3)43(40(64)38(32)62)75-48-41(65)44(31(60)24-69-48)76-49-42(66)45(68-10)39(63)34(22-57)73-49/h13,26,28,30-50,57,59-66H,1,11-12,14-24H2,2-10H3/t26-,28+,30+,31+,32+,33-,34+,35-,36-,37-,38-,39+,40+,41+,42+,43+,44-,45-,46+,47+,48-,49-,50-,53+,54-,55-,56+/m0/s1. The van der Waals surface area contributed by atoms with Gasteiger partial charge in [0, 0.05) is 19.4 Å². The van der Waals surface area contributed by atoms with E-state index in [0.717, 1.165) is 31.3 Å². The van der Waals surface area contributed by atoms with E-state index in [4.69, 9.17) is 47.4 Å². The van der Waals surface area contributed by atoms with E-state index in [0.29, 0.717) is 32.1 Å². The van der Waals surface area contributed by atoms with Crippen molar-refractivity contribution in [2.24, 2.45) is 45.3 Å². The van der Waals surface area contributed by atoms with E-state index in [2.05, 4.69) is 40.3 Å².